The van der Waals surface area contributed by atoms with Gasteiger partial charge in [-0.05, 0) is 30.4 Å². The molecule has 1 saturated heterocycles. The van der Waals surface area contributed by atoms with Crippen molar-refractivity contribution in [3.63, 3.8) is 0 Å². The Morgan fingerprint density at radius 1 is 1.12 bits per heavy atom. The second-order valence-electron chi connectivity index (χ2n) is 6.73. The molecule has 3 amide bonds. The monoisotopic (exact) mass is 382 g/mol. The summed E-state index contributed by atoms with van der Waals surface area (Å²) in [4.78, 5) is 37.9. The Morgan fingerprint density at radius 3 is 2.35 bits per heavy atom. The van der Waals surface area contributed by atoms with Crippen LogP contribution in [0.5, 0.6) is 0 Å². The third-order valence-corrected chi connectivity index (χ3v) is 4.22. The van der Waals surface area contributed by atoms with E-state index in [2.05, 4.69) is 24.5 Å². The largest absolute Gasteiger partial charge is 0.346 e. The molecule has 1 aliphatic heterocycles. The van der Waals surface area contributed by atoms with E-state index in [9.17, 15) is 14.4 Å². The molecular formula is C18H27ClN4O3. The summed E-state index contributed by atoms with van der Waals surface area (Å²) in [5.41, 5.74) is 6.10. The molecule has 0 bridgehead atoms. The van der Waals surface area contributed by atoms with Gasteiger partial charge >= 0.3 is 0 Å². The van der Waals surface area contributed by atoms with Crippen LogP contribution >= 0.6 is 12.4 Å². The predicted molar refractivity (Wildman–Crippen MR) is 103 cm³/mol. The Labute approximate surface area is 160 Å². The van der Waals surface area contributed by atoms with E-state index < -0.39 is 11.8 Å². The number of nitrogens with one attached hydrogen (secondary N) is 2. The number of halogens is 1. The lowest BCUT2D eigenvalue weighted by Gasteiger charge is -2.35. The Hall–Kier alpha value is -2.12. The van der Waals surface area contributed by atoms with Crippen molar-refractivity contribution in [2.75, 3.05) is 31.5 Å². The Bertz CT molecular complexity index is 643. The molecule has 0 aliphatic carbocycles. The van der Waals surface area contributed by atoms with Crippen molar-refractivity contribution in [1.82, 2.24) is 10.2 Å². The normalized spacial score (nSPS) is 19.3. The number of nitrogens with two attached hydrogens (primary N) is 1. The number of likely N-dealkylation sites (tertiary alicyclic amines) is 1. The minimum absolute atomic E-state index is 0. The van der Waals surface area contributed by atoms with E-state index in [4.69, 9.17) is 5.73 Å². The number of hydrogen-bond donors (Lipinski definition) is 3. The highest BCUT2D eigenvalue weighted by molar-refractivity contribution is 6.04. The van der Waals surface area contributed by atoms with Gasteiger partial charge in [-0.25, -0.2) is 0 Å². The molecule has 144 valence electrons. The van der Waals surface area contributed by atoms with Gasteiger partial charge in [-0.15, -0.1) is 12.4 Å². The van der Waals surface area contributed by atoms with Crippen molar-refractivity contribution in [2.45, 2.75) is 20.3 Å². The second kappa shape index (κ2) is 10.1. The van der Waals surface area contributed by atoms with Gasteiger partial charge in [-0.3, -0.25) is 14.4 Å². The summed E-state index contributed by atoms with van der Waals surface area (Å²) in [5, 5.41) is 5.10. The molecule has 0 spiro atoms. The van der Waals surface area contributed by atoms with Crippen LogP contribution in [0.3, 0.4) is 0 Å². The van der Waals surface area contributed by atoms with Crippen LogP contribution in [0.2, 0.25) is 0 Å². The quantitative estimate of drug-likeness (QED) is 0.712. The highest BCUT2D eigenvalue weighted by atomic mass is 35.5. The van der Waals surface area contributed by atoms with Gasteiger partial charge in [-0.2, -0.15) is 0 Å². The number of anilines is 1. The van der Waals surface area contributed by atoms with Crippen LogP contribution in [0.15, 0.2) is 24.3 Å². The molecule has 7 nitrogen and oxygen atoms in total. The Morgan fingerprint density at radius 2 is 1.73 bits per heavy atom. The molecule has 2 atom stereocenters. The van der Waals surface area contributed by atoms with E-state index in [0.29, 0.717) is 23.1 Å². The van der Waals surface area contributed by atoms with Gasteiger partial charge in [0.05, 0.1) is 24.3 Å². The molecule has 1 heterocycles. The highest BCUT2D eigenvalue weighted by Crippen LogP contribution is 2.24. The fraction of sp³-hybridized carbons (Fsp3) is 0.500. The molecule has 4 N–H and O–H groups in total. The zero-order valence-corrected chi connectivity index (χ0v) is 16.0. The lowest BCUT2D eigenvalue weighted by atomic mass is 9.91. The van der Waals surface area contributed by atoms with Gasteiger partial charge in [0.25, 0.3) is 5.91 Å². The summed E-state index contributed by atoms with van der Waals surface area (Å²) in [5.74, 6) is 0.0281. The van der Waals surface area contributed by atoms with Gasteiger partial charge in [0.15, 0.2) is 0 Å². The molecule has 0 saturated carbocycles. The number of benzene rings is 1. The number of rotatable bonds is 5. The summed E-state index contributed by atoms with van der Waals surface area (Å²) in [7, 11) is 0. The first-order valence-electron chi connectivity index (χ1n) is 8.55. The molecule has 2 rings (SSSR count). The smallest absolute Gasteiger partial charge is 0.255 e. The number of nitrogens with zero attached hydrogens (tertiary/aromatic N) is 1. The van der Waals surface area contributed by atoms with E-state index in [1.165, 1.54) is 0 Å². The summed E-state index contributed by atoms with van der Waals surface area (Å²) in [6.45, 7) is 5.37. The average Bonchev–Trinajstić information content (AvgIpc) is 2.58. The molecule has 2 unspecified atom stereocenters. The van der Waals surface area contributed by atoms with Crippen molar-refractivity contribution in [3.05, 3.63) is 29.8 Å². The van der Waals surface area contributed by atoms with Gasteiger partial charge in [0, 0.05) is 13.1 Å². The summed E-state index contributed by atoms with van der Waals surface area (Å²) < 4.78 is 0. The van der Waals surface area contributed by atoms with Gasteiger partial charge < -0.3 is 21.3 Å². The first-order chi connectivity index (χ1) is 11.9. The molecule has 1 aromatic carbocycles. The third kappa shape index (κ3) is 6.00. The molecule has 0 aromatic heterocycles. The van der Waals surface area contributed by atoms with Gasteiger partial charge in [0.1, 0.15) is 0 Å². The molecule has 8 heteroatoms. The topological polar surface area (TPSA) is 105 Å². The van der Waals surface area contributed by atoms with E-state index in [0.717, 1.165) is 19.5 Å². The standard InChI is InChI=1S/C18H26N4O3.ClH/c1-12-7-13(2)11-22(10-12)18(25)14-5-3-4-6-15(14)21-17(24)9-20-16(23)8-19;/h3-6,12-13H,7-11,19H2,1-2H3,(H,20,23)(H,21,24);1H. The second-order valence-corrected chi connectivity index (χ2v) is 6.73. The minimum Gasteiger partial charge on any atom is -0.346 e. The minimum atomic E-state index is -0.407. The molecule has 26 heavy (non-hydrogen) atoms. The van der Waals surface area contributed by atoms with Gasteiger partial charge in [0.2, 0.25) is 11.8 Å². The number of carbonyl (C=O) groups excluding carboxylic acids is 3. The highest BCUT2D eigenvalue weighted by Gasteiger charge is 2.27. The Balaban J connectivity index is 0.00000338. The molecule has 1 aliphatic rings. The zero-order valence-electron chi connectivity index (χ0n) is 15.2. The van der Waals surface area contributed by atoms with Crippen molar-refractivity contribution in [2.24, 2.45) is 17.6 Å². The fourth-order valence-electron chi connectivity index (χ4n) is 3.22. The third-order valence-electron chi connectivity index (χ3n) is 4.22. The number of hydrogen-bond acceptors (Lipinski definition) is 4. The Kier molecular flexibility index (Phi) is 8.54. The van der Waals surface area contributed by atoms with Crippen LogP contribution in [0.25, 0.3) is 0 Å². The van der Waals surface area contributed by atoms with Crippen molar-refractivity contribution in [1.29, 1.82) is 0 Å². The summed E-state index contributed by atoms with van der Waals surface area (Å²) >= 11 is 0. The van der Waals surface area contributed by atoms with Crippen LogP contribution < -0.4 is 16.4 Å². The van der Waals surface area contributed by atoms with Crippen molar-refractivity contribution in [3.8, 4) is 0 Å². The zero-order chi connectivity index (χ0) is 18.4. The van der Waals surface area contributed by atoms with Crippen LogP contribution in [0.1, 0.15) is 30.6 Å². The van der Waals surface area contributed by atoms with Crippen molar-refractivity contribution < 1.29 is 14.4 Å². The maximum atomic E-state index is 12.9. The summed E-state index contributed by atoms with van der Waals surface area (Å²) in [6.07, 6.45) is 1.11. The molecule has 0 radical (unpaired) electrons. The van der Waals surface area contributed by atoms with E-state index in [-0.39, 0.29) is 31.4 Å². The number of carbonyl (C=O) groups is 3. The van der Waals surface area contributed by atoms with Gasteiger partial charge in [-0.1, -0.05) is 26.0 Å². The number of para-hydroxylation sites is 1. The van der Waals surface area contributed by atoms with E-state index in [1.54, 1.807) is 24.3 Å². The molecular weight excluding hydrogens is 356 g/mol. The predicted octanol–water partition coefficient (Wildman–Crippen LogP) is 1.24. The van der Waals surface area contributed by atoms with Crippen molar-refractivity contribution >= 4 is 35.8 Å². The van der Waals surface area contributed by atoms with Crippen LogP contribution in [0, 0.1) is 11.8 Å². The maximum absolute atomic E-state index is 12.9. The molecule has 1 fully saturated rings. The fourth-order valence-corrected chi connectivity index (χ4v) is 3.22. The van der Waals surface area contributed by atoms with Crippen LogP contribution in [0.4, 0.5) is 5.69 Å². The maximum Gasteiger partial charge on any atom is 0.255 e. The molecule has 1 aromatic rings. The lowest BCUT2D eigenvalue weighted by Crippen LogP contribution is -2.43. The first-order valence-corrected chi connectivity index (χ1v) is 8.55. The number of amides is 3. The SMILES string of the molecule is CC1CC(C)CN(C(=O)c2ccccc2NC(=O)CNC(=O)CN)C1.Cl. The summed E-state index contributed by atoms with van der Waals surface area (Å²) in [6, 6.07) is 6.93. The van der Waals surface area contributed by atoms with Crippen LogP contribution in [-0.2, 0) is 9.59 Å². The van der Waals surface area contributed by atoms with E-state index in [1.807, 2.05) is 4.90 Å². The number of piperidine rings is 1. The average molecular weight is 383 g/mol. The van der Waals surface area contributed by atoms with E-state index >= 15 is 0 Å². The first kappa shape index (κ1) is 21.9. The van der Waals surface area contributed by atoms with Crippen LogP contribution in [-0.4, -0.2) is 48.8 Å². The lowest BCUT2D eigenvalue weighted by molar-refractivity contribution is -0.123.